The third kappa shape index (κ3) is 3.72. The number of aliphatic carboxylic acids is 1. The zero-order valence-electron chi connectivity index (χ0n) is 17.3. The summed E-state index contributed by atoms with van der Waals surface area (Å²) in [6.45, 7) is 1.54. The van der Waals surface area contributed by atoms with Gasteiger partial charge in [-0.15, -0.1) is 0 Å². The van der Waals surface area contributed by atoms with E-state index in [0.29, 0.717) is 11.3 Å². The van der Waals surface area contributed by atoms with E-state index in [1.807, 2.05) is 36.4 Å². The van der Waals surface area contributed by atoms with Crippen LogP contribution < -0.4 is 10.1 Å². The molecule has 3 aromatic rings. The fourth-order valence-electron chi connectivity index (χ4n) is 4.01. The second kappa shape index (κ2) is 8.14. The molecule has 31 heavy (non-hydrogen) atoms. The average Bonchev–Trinajstić information content (AvgIpc) is 3.11. The molecule has 6 nitrogen and oxygen atoms in total. The molecule has 0 fully saturated rings. The highest BCUT2D eigenvalue weighted by atomic mass is 16.5. The summed E-state index contributed by atoms with van der Waals surface area (Å²) in [5, 5.41) is 12.3. The molecular formula is C25H23NO5. The van der Waals surface area contributed by atoms with Gasteiger partial charge in [-0.3, -0.25) is 0 Å². The first kappa shape index (κ1) is 20.5. The number of carbonyl (C=O) groups excluding carboxylic acids is 1. The number of alkyl carbamates (subject to hydrolysis) is 1. The van der Waals surface area contributed by atoms with E-state index in [0.717, 1.165) is 22.3 Å². The molecule has 0 radical (unpaired) electrons. The lowest BCUT2D eigenvalue weighted by Crippen LogP contribution is -2.49. The Kier molecular flexibility index (Phi) is 5.38. The predicted octanol–water partition coefficient (Wildman–Crippen LogP) is 4.53. The van der Waals surface area contributed by atoms with Gasteiger partial charge in [0.25, 0.3) is 0 Å². The summed E-state index contributed by atoms with van der Waals surface area (Å²) in [5.74, 6) is -0.695. The average molecular weight is 417 g/mol. The number of carboxylic acid groups (broad SMARTS) is 1. The highest BCUT2D eigenvalue weighted by Crippen LogP contribution is 2.44. The zero-order valence-corrected chi connectivity index (χ0v) is 17.3. The van der Waals surface area contributed by atoms with Crippen LogP contribution in [0.15, 0.2) is 72.8 Å². The van der Waals surface area contributed by atoms with Gasteiger partial charge in [-0.2, -0.15) is 0 Å². The second-order valence-electron chi connectivity index (χ2n) is 7.61. The van der Waals surface area contributed by atoms with E-state index in [1.165, 1.54) is 14.0 Å². The summed E-state index contributed by atoms with van der Waals surface area (Å²) >= 11 is 0. The Morgan fingerprint density at radius 3 is 2.00 bits per heavy atom. The third-order valence-electron chi connectivity index (χ3n) is 5.79. The molecule has 0 aromatic heterocycles. The van der Waals surface area contributed by atoms with Crippen LogP contribution in [0.4, 0.5) is 4.79 Å². The van der Waals surface area contributed by atoms with E-state index in [4.69, 9.17) is 9.47 Å². The molecule has 2 N–H and O–H groups in total. The lowest BCUT2D eigenvalue weighted by molar-refractivity contribution is -0.144. The van der Waals surface area contributed by atoms with Crippen LogP contribution >= 0.6 is 0 Å². The Morgan fingerprint density at radius 1 is 0.935 bits per heavy atom. The van der Waals surface area contributed by atoms with Crippen LogP contribution in [0.25, 0.3) is 11.1 Å². The van der Waals surface area contributed by atoms with Crippen LogP contribution in [-0.4, -0.2) is 30.9 Å². The second-order valence-corrected chi connectivity index (χ2v) is 7.61. The zero-order chi connectivity index (χ0) is 22.0. The van der Waals surface area contributed by atoms with E-state index >= 15 is 0 Å². The first-order chi connectivity index (χ1) is 14.9. The van der Waals surface area contributed by atoms with Gasteiger partial charge >= 0.3 is 12.1 Å². The highest BCUT2D eigenvalue weighted by molar-refractivity contribution is 5.85. The van der Waals surface area contributed by atoms with E-state index in [1.54, 1.807) is 24.3 Å². The van der Waals surface area contributed by atoms with Gasteiger partial charge < -0.3 is 19.9 Å². The van der Waals surface area contributed by atoms with Crippen molar-refractivity contribution in [2.24, 2.45) is 0 Å². The van der Waals surface area contributed by atoms with Crippen LogP contribution in [0.1, 0.15) is 29.5 Å². The Balaban J connectivity index is 1.51. The number of carbonyl (C=O) groups is 2. The quantitative estimate of drug-likeness (QED) is 0.615. The summed E-state index contributed by atoms with van der Waals surface area (Å²) in [6.07, 6.45) is -0.789. The topological polar surface area (TPSA) is 84.9 Å². The Bertz CT molecular complexity index is 1080. The summed E-state index contributed by atoms with van der Waals surface area (Å²) in [5.41, 5.74) is 3.20. The van der Waals surface area contributed by atoms with Crippen molar-refractivity contribution in [3.63, 3.8) is 0 Å². The number of amides is 1. The van der Waals surface area contributed by atoms with Gasteiger partial charge in [-0.1, -0.05) is 60.7 Å². The summed E-state index contributed by atoms with van der Waals surface area (Å²) < 4.78 is 10.6. The van der Waals surface area contributed by atoms with Crippen molar-refractivity contribution in [2.45, 2.75) is 18.4 Å². The van der Waals surface area contributed by atoms with Crippen LogP contribution in [0.3, 0.4) is 0 Å². The van der Waals surface area contributed by atoms with Gasteiger partial charge in [-0.05, 0) is 46.9 Å². The fraction of sp³-hybridized carbons (Fsp3) is 0.200. The minimum Gasteiger partial charge on any atom is -0.497 e. The Labute approximate surface area is 180 Å². The largest absolute Gasteiger partial charge is 0.497 e. The maximum Gasteiger partial charge on any atom is 0.408 e. The molecule has 1 aliphatic rings. The van der Waals surface area contributed by atoms with E-state index < -0.39 is 17.6 Å². The molecule has 6 heteroatoms. The molecule has 1 unspecified atom stereocenters. The molecule has 0 heterocycles. The lowest BCUT2D eigenvalue weighted by atomic mass is 9.92. The normalized spacial score (nSPS) is 14.1. The van der Waals surface area contributed by atoms with Gasteiger partial charge in [0, 0.05) is 5.92 Å². The minimum absolute atomic E-state index is 0.102. The fourth-order valence-corrected chi connectivity index (χ4v) is 4.01. The molecule has 1 amide bonds. The number of ether oxygens (including phenoxy) is 2. The van der Waals surface area contributed by atoms with Crippen molar-refractivity contribution in [1.82, 2.24) is 5.32 Å². The third-order valence-corrected chi connectivity index (χ3v) is 5.79. The van der Waals surface area contributed by atoms with Crippen molar-refractivity contribution in [3.05, 3.63) is 89.5 Å². The van der Waals surface area contributed by atoms with Crippen molar-refractivity contribution >= 4 is 12.1 Å². The first-order valence-electron chi connectivity index (χ1n) is 9.95. The van der Waals surface area contributed by atoms with Crippen molar-refractivity contribution in [3.8, 4) is 16.9 Å². The van der Waals surface area contributed by atoms with E-state index in [9.17, 15) is 14.7 Å². The number of benzene rings is 3. The van der Waals surface area contributed by atoms with Crippen molar-refractivity contribution < 1.29 is 24.2 Å². The maximum absolute atomic E-state index is 12.6. The number of methoxy groups -OCH3 is 1. The predicted molar refractivity (Wildman–Crippen MR) is 116 cm³/mol. The number of fused-ring (bicyclic) bond motifs is 3. The van der Waals surface area contributed by atoms with Crippen molar-refractivity contribution in [2.75, 3.05) is 13.7 Å². The smallest absolute Gasteiger partial charge is 0.408 e. The van der Waals surface area contributed by atoms with Crippen molar-refractivity contribution in [1.29, 1.82) is 0 Å². The van der Waals surface area contributed by atoms with Crippen LogP contribution in [0, 0.1) is 0 Å². The summed E-state index contributed by atoms with van der Waals surface area (Å²) in [7, 11) is 1.53. The molecule has 3 aromatic carbocycles. The number of hydrogen-bond donors (Lipinski definition) is 2. The molecule has 158 valence electrons. The van der Waals surface area contributed by atoms with Gasteiger partial charge in [0.1, 0.15) is 12.4 Å². The van der Waals surface area contributed by atoms with Gasteiger partial charge in [0.2, 0.25) is 0 Å². The Morgan fingerprint density at radius 2 is 1.48 bits per heavy atom. The summed E-state index contributed by atoms with van der Waals surface area (Å²) in [4.78, 5) is 24.6. The number of rotatable bonds is 6. The number of carboxylic acids is 1. The molecule has 0 aliphatic heterocycles. The molecule has 4 rings (SSSR count). The van der Waals surface area contributed by atoms with E-state index in [2.05, 4.69) is 17.4 Å². The van der Waals surface area contributed by atoms with Crippen LogP contribution in [0.2, 0.25) is 0 Å². The molecule has 1 atom stereocenters. The molecule has 0 bridgehead atoms. The summed E-state index contributed by atoms with van der Waals surface area (Å²) in [6, 6.07) is 22.6. The highest BCUT2D eigenvalue weighted by Gasteiger charge is 2.38. The van der Waals surface area contributed by atoms with Gasteiger partial charge in [-0.25, -0.2) is 9.59 Å². The monoisotopic (exact) mass is 417 g/mol. The minimum atomic E-state index is -1.64. The molecule has 0 saturated carbocycles. The van der Waals surface area contributed by atoms with Crippen LogP contribution in [-0.2, 0) is 15.1 Å². The van der Waals surface area contributed by atoms with Gasteiger partial charge in [0.15, 0.2) is 5.54 Å². The molecule has 1 aliphatic carbocycles. The number of hydrogen-bond acceptors (Lipinski definition) is 4. The van der Waals surface area contributed by atoms with E-state index in [-0.39, 0.29) is 12.5 Å². The molecular weight excluding hydrogens is 394 g/mol. The first-order valence-corrected chi connectivity index (χ1v) is 9.95. The molecule has 0 saturated heterocycles. The number of nitrogens with one attached hydrogen (secondary N) is 1. The maximum atomic E-state index is 12.6. The standard InChI is InChI=1S/C25H23NO5/c1-25(23(27)28,16-11-13-17(30-2)14-12-16)26-24(29)31-15-22-20-9-5-3-7-18(20)19-8-4-6-10-21(19)22/h3-14,22H,15H2,1-2H3,(H,26,29)(H,27,28). The SMILES string of the molecule is COc1ccc(C(C)(NC(=O)OCC2c3ccccc3-c3ccccc32)C(=O)O)cc1. The van der Waals surface area contributed by atoms with Crippen LogP contribution in [0.5, 0.6) is 5.75 Å². The lowest BCUT2D eigenvalue weighted by Gasteiger charge is -2.27. The molecule has 0 spiro atoms. The van der Waals surface area contributed by atoms with Gasteiger partial charge in [0.05, 0.1) is 7.11 Å². The Hall–Kier alpha value is -3.80.